The number of benzene rings is 1. The molecule has 0 spiro atoms. The third-order valence-electron chi connectivity index (χ3n) is 2.25. The maximum Gasteiger partial charge on any atom is 0.329 e. The lowest BCUT2D eigenvalue weighted by Crippen LogP contribution is -2.09. The van der Waals surface area contributed by atoms with Gasteiger partial charge in [0.1, 0.15) is 5.75 Å². The number of hydrogen-bond acceptors (Lipinski definition) is 5. The lowest BCUT2D eigenvalue weighted by molar-refractivity contribution is 0.218. The Morgan fingerprint density at radius 1 is 1.05 bits per heavy atom. The van der Waals surface area contributed by atoms with E-state index in [4.69, 9.17) is 32.7 Å². The van der Waals surface area contributed by atoms with Crippen LogP contribution in [-0.4, -0.2) is 21.1 Å². The van der Waals surface area contributed by atoms with Gasteiger partial charge in [0, 0.05) is 5.02 Å². The van der Waals surface area contributed by atoms with Gasteiger partial charge in [0.05, 0.1) is 6.10 Å². The molecule has 1 aromatic carbocycles. The lowest BCUT2D eigenvalue weighted by atomic mass is 10.2. The SMILES string of the molecule is Cc1cc(Cl)ccc1Oc1nc(Cl)nc(OC(C)C)n1. The third kappa shape index (κ3) is 3.95. The van der Waals surface area contributed by atoms with E-state index in [-0.39, 0.29) is 23.4 Å². The van der Waals surface area contributed by atoms with E-state index in [1.807, 2.05) is 20.8 Å². The molecule has 0 saturated carbocycles. The van der Waals surface area contributed by atoms with Crippen LogP contribution in [0.25, 0.3) is 0 Å². The average Bonchev–Trinajstić information content (AvgIpc) is 2.31. The maximum absolute atomic E-state index is 5.89. The minimum atomic E-state index is -0.0708. The highest BCUT2D eigenvalue weighted by Crippen LogP contribution is 2.26. The second kappa shape index (κ2) is 6.24. The van der Waals surface area contributed by atoms with Crippen molar-refractivity contribution in [2.24, 2.45) is 0 Å². The first-order valence-electron chi connectivity index (χ1n) is 5.96. The van der Waals surface area contributed by atoms with Crippen molar-refractivity contribution in [1.82, 2.24) is 15.0 Å². The molecule has 0 atom stereocenters. The predicted molar refractivity (Wildman–Crippen MR) is 76.9 cm³/mol. The van der Waals surface area contributed by atoms with Crippen LogP contribution in [0.1, 0.15) is 19.4 Å². The second-order valence-corrected chi connectivity index (χ2v) is 5.12. The number of hydrogen-bond donors (Lipinski definition) is 0. The van der Waals surface area contributed by atoms with Gasteiger partial charge in [-0.15, -0.1) is 4.98 Å². The zero-order valence-electron chi connectivity index (χ0n) is 11.2. The van der Waals surface area contributed by atoms with Gasteiger partial charge >= 0.3 is 12.0 Å². The number of rotatable bonds is 4. The summed E-state index contributed by atoms with van der Waals surface area (Å²) in [5.41, 5.74) is 0.861. The fraction of sp³-hybridized carbons (Fsp3) is 0.308. The van der Waals surface area contributed by atoms with Crippen LogP contribution in [0.4, 0.5) is 0 Å². The summed E-state index contributed by atoms with van der Waals surface area (Å²) < 4.78 is 11.0. The third-order valence-corrected chi connectivity index (χ3v) is 2.65. The highest BCUT2D eigenvalue weighted by atomic mass is 35.5. The molecule has 0 radical (unpaired) electrons. The summed E-state index contributed by atoms with van der Waals surface area (Å²) in [7, 11) is 0. The first-order valence-corrected chi connectivity index (χ1v) is 6.72. The Kier molecular flexibility index (Phi) is 4.62. The van der Waals surface area contributed by atoms with Crippen LogP contribution in [0.15, 0.2) is 18.2 Å². The minimum absolute atomic E-state index is 0.0114. The van der Waals surface area contributed by atoms with Crippen LogP contribution < -0.4 is 9.47 Å². The standard InChI is InChI=1S/C13H13Cl2N3O2/c1-7(2)19-12-16-11(15)17-13(18-12)20-10-5-4-9(14)6-8(10)3/h4-7H,1-3H3. The summed E-state index contributed by atoms with van der Waals surface area (Å²) in [4.78, 5) is 11.8. The summed E-state index contributed by atoms with van der Waals surface area (Å²) in [6, 6.07) is 5.44. The fourth-order valence-electron chi connectivity index (χ4n) is 1.45. The normalized spacial score (nSPS) is 10.7. The van der Waals surface area contributed by atoms with Crippen LogP contribution >= 0.6 is 23.2 Å². The van der Waals surface area contributed by atoms with Crippen molar-refractivity contribution >= 4 is 23.2 Å². The number of halogens is 2. The molecule has 0 saturated heterocycles. The molecule has 0 unspecified atom stereocenters. The fourth-order valence-corrected chi connectivity index (χ4v) is 1.82. The Balaban J connectivity index is 2.26. The summed E-state index contributed by atoms with van der Waals surface area (Å²) in [6.07, 6.45) is -0.0708. The van der Waals surface area contributed by atoms with Gasteiger partial charge in [-0.25, -0.2) is 0 Å². The summed E-state index contributed by atoms with van der Waals surface area (Å²) >= 11 is 11.7. The van der Waals surface area contributed by atoms with Crippen molar-refractivity contribution < 1.29 is 9.47 Å². The molecule has 0 N–H and O–H groups in total. The van der Waals surface area contributed by atoms with Crippen molar-refractivity contribution in [3.05, 3.63) is 34.1 Å². The molecular weight excluding hydrogens is 301 g/mol. The van der Waals surface area contributed by atoms with Gasteiger partial charge in [-0.2, -0.15) is 9.97 Å². The van der Waals surface area contributed by atoms with Gasteiger partial charge in [0.2, 0.25) is 5.28 Å². The first kappa shape index (κ1) is 14.8. The molecule has 2 aromatic rings. The molecule has 1 heterocycles. The van der Waals surface area contributed by atoms with Gasteiger partial charge in [0.15, 0.2) is 0 Å². The van der Waals surface area contributed by atoms with Gasteiger partial charge in [-0.05, 0) is 56.1 Å². The largest absolute Gasteiger partial charge is 0.461 e. The minimum Gasteiger partial charge on any atom is -0.461 e. The van der Waals surface area contributed by atoms with E-state index >= 15 is 0 Å². The second-order valence-electron chi connectivity index (χ2n) is 4.35. The smallest absolute Gasteiger partial charge is 0.329 e. The maximum atomic E-state index is 5.89. The molecule has 0 fully saturated rings. The summed E-state index contributed by atoms with van der Waals surface area (Å²) in [5.74, 6) is 0.590. The summed E-state index contributed by atoms with van der Waals surface area (Å²) in [6.45, 7) is 5.60. The Labute approximate surface area is 126 Å². The van der Waals surface area contributed by atoms with E-state index in [1.54, 1.807) is 18.2 Å². The van der Waals surface area contributed by atoms with Crippen LogP contribution in [0.5, 0.6) is 17.8 Å². The lowest BCUT2D eigenvalue weighted by Gasteiger charge is -2.10. The number of aromatic nitrogens is 3. The van der Waals surface area contributed by atoms with Crippen LogP contribution in [0.2, 0.25) is 10.3 Å². The molecule has 106 valence electrons. The van der Waals surface area contributed by atoms with Gasteiger partial charge < -0.3 is 9.47 Å². The van der Waals surface area contributed by atoms with Gasteiger partial charge in [-0.1, -0.05) is 11.6 Å². The molecule has 0 aliphatic rings. The van der Waals surface area contributed by atoms with Crippen molar-refractivity contribution in [1.29, 1.82) is 0 Å². The zero-order valence-corrected chi connectivity index (χ0v) is 12.7. The highest BCUT2D eigenvalue weighted by molar-refractivity contribution is 6.30. The molecule has 0 amide bonds. The van der Waals surface area contributed by atoms with E-state index in [9.17, 15) is 0 Å². The van der Waals surface area contributed by atoms with Crippen LogP contribution in [0.3, 0.4) is 0 Å². The van der Waals surface area contributed by atoms with E-state index in [1.165, 1.54) is 0 Å². The molecule has 0 aliphatic carbocycles. The zero-order chi connectivity index (χ0) is 14.7. The van der Waals surface area contributed by atoms with E-state index in [2.05, 4.69) is 15.0 Å². The monoisotopic (exact) mass is 313 g/mol. The van der Waals surface area contributed by atoms with Crippen molar-refractivity contribution in [2.45, 2.75) is 26.9 Å². The van der Waals surface area contributed by atoms with Crippen molar-refractivity contribution in [3.63, 3.8) is 0 Å². The van der Waals surface area contributed by atoms with E-state index in [0.29, 0.717) is 10.8 Å². The van der Waals surface area contributed by atoms with Crippen molar-refractivity contribution in [2.75, 3.05) is 0 Å². The number of nitrogens with zero attached hydrogens (tertiary/aromatic N) is 3. The first-order chi connectivity index (χ1) is 9.44. The van der Waals surface area contributed by atoms with Gasteiger partial charge in [-0.3, -0.25) is 0 Å². The quantitative estimate of drug-likeness (QED) is 0.851. The van der Waals surface area contributed by atoms with E-state index < -0.39 is 0 Å². The Bertz CT molecular complexity index is 621. The summed E-state index contributed by atoms with van der Waals surface area (Å²) in [5, 5.41) is 0.643. The Morgan fingerprint density at radius 3 is 2.40 bits per heavy atom. The molecule has 0 aliphatic heterocycles. The molecule has 2 rings (SSSR count). The molecular formula is C13H13Cl2N3O2. The molecule has 20 heavy (non-hydrogen) atoms. The Morgan fingerprint density at radius 2 is 1.75 bits per heavy atom. The predicted octanol–water partition coefficient (Wildman–Crippen LogP) is 4.07. The Hall–Kier alpha value is -1.59. The average molecular weight is 314 g/mol. The molecule has 1 aromatic heterocycles. The molecule has 5 nitrogen and oxygen atoms in total. The molecule has 0 bridgehead atoms. The van der Waals surface area contributed by atoms with Crippen LogP contribution in [-0.2, 0) is 0 Å². The topological polar surface area (TPSA) is 57.1 Å². The van der Waals surface area contributed by atoms with Crippen molar-refractivity contribution in [3.8, 4) is 17.8 Å². The number of aryl methyl sites for hydroxylation is 1. The highest BCUT2D eigenvalue weighted by Gasteiger charge is 2.11. The molecule has 7 heteroatoms. The van der Waals surface area contributed by atoms with Crippen LogP contribution in [0, 0.1) is 6.92 Å². The number of ether oxygens (including phenoxy) is 2. The van der Waals surface area contributed by atoms with E-state index in [0.717, 1.165) is 5.56 Å². The van der Waals surface area contributed by atoms with Gasteiger partial charge in [0.25, 0.3) is 0 Å².